The van der Waals surface area contributed by atoms with Crippen LogP contribution in [0.1, 0.15) is 13.3 Å². The van der Waals surface area contributed by atoms with Crippen LogP contribution >= 0.6 is 0 Å². The van der Waals surface area contributed by atoms with E-state index in [9.17, 15) is 8.42 Å². The van der Waals surface area contributed by atoms with Crippen molar-refractivity contribution < 1.29 is 13.2 Å². The highest BCUT2D eigenvalue weighted by molar-refractivity contribution is 7.90. The fourth-order valence-corrected chi connectivity index (χ4v) is 3.12. The van der Waals surface area contributed by atoms with Gasteiger partial charge in [0.1, 0.15) is 5.75 Å². The van der Waals surface area contributed by atoms with E-state index in [4.69, 9.17) is 4.74 Å². The highest BCUT2D eigenvalue weighted by Gasteiger charge is 2.25. The van der Waals surface area contributed by atoms with Gasteiger partial charge in [-0.25, -0.2) is 0 Å². The first-order valence-electron chi connectivity index (χ1n) is 6.99. The third kappa shape index (κ3) is 4.59. The fourth-order valence-electron chi connectivity index (χ4n) is 1.94. The third-order valence-corrected chi connectivity index (χ3v) is 5.10. The molecule has 0 spiro atoms. The van der Waals surface area contributed by atoms with E-state index in [-0.39, 0.29) is 0 Å². The van der Waals surface area contributed by atoms with Crippen LogP contribution in [0.2, 0.25) is 0 Å². The Balaban J connectivity index is 2.81. The van der Waals surface area contributed by atoms with Gasteiger partial charge >= 0.3 is 10.2 Å². The molecule has 21 heavy (non-hydrogen) atoms. The summed E-state index contributed by atoms with van der Waals surface area (Å²) < 4.78 is 32.9. The molecule has 1 rings (SSSR count). The average molecular weight is 315 g/mol. The van der Waals surface area contributed by atoms with Crippen molar-refractivity contribution in [2.45, 2.75) is 13.3 Å². The van der Waals surface area contributed by atoms with Crippen LogP contribution in [0.4, 0.5) is 5.69 Å². The lowest BCUT2D eigenvalue weighted by molar-refractivity contribution is 0.414. The molecule has 0 atom stereocenters. The number of benzene rings is 1. The van der Waals surface area contributed by atoms with Gasteiger partial charge in [-0.15, -0.1) is 0 Å². The number of hydrogen-bond acceptors (Lipinski definition) is 4. The van der Waals surface area contributed by atoms with E-state index in [0.717, 1.165) is 19.5 Å². The van der Waals surface area contributed by atoms with Crippen molar-refractivity contribution >= 4 is 15.9 Å². The standard InChI is InChI=1S/C14H25N3O3S/c1-5-15-11-8-12-16(2)21(18,19)17(3)13-9-6-7-10-14(13)20-4/h6-7,9-10,15H,5,8,11-12H2,1-4H3. The normalized spacial score (nSPS) is 11.7. The second-order valence-electron chi connectivity index (χ2n) is 4.68. The topological polar surface area (TPSA) is 61.9 Å². The molecule has 0 bridgehead atoms. The molecule has 0 amide bonds. The van der Waals surface area contributed by atoms with Gasteiger partial charge in [0, 0.05) is 20.6 Å². The van der Waals surface area contributed by atoms with Gasteiger partial charge in [-0.05, 0) is 31.6 Å². The second kappa shape index (κ2) is 8.21. The van der Waals surface area contributed by atoms with Crippen LogP contribution in [-0.2, 0) is 10.2 Å². The number of nitrogens with one attached hydrogen (secondary N) is 1. The molecule has 1 aromatic carbocycles. The largest absolute Gasteiger partial charge is 0.495 e. The monoisotopic (exact) mass is 315 g/mol. The summed E-state index contributed by atoms with van der Waals surface area (Å²) >= 11 is 0. The molecule has 0 unspecified atom stereocenters. The van der Waals surface area contributed by atoms with Crippen molar-refractivity contribution in [2.24, 2.45) is 0 Å². The molecule has 0 aromatic heterocycles. The molecule has 7 heteroatoms. The van der Waals surface area contributed by atoms with Gasteiger partial charge in [0.2, 0.25) is 0 Å². The van der Waals surface area contributed by atoms with Crippen LogP contribution in [0.3, 0.4) is 0 Å². The Morgan fingerprint density at radius 3 is 2.52 bits per heavy atom. The van der Waals surface area contributed by atoms with Crippen molar-refractivity contribution in [3.63, 3.8) is 0 Å². The van der Waals surface area contributed by atoms with Crippen LogP contribution in [0.15, 0.2) is 24.3 Å². The molecule has 6 nitrogen and oxygen atoms in total. The fraction of sp³-hybridized carbons (Fsp3) is 0.571. The first kappa shape index (κ1) is 17.7. The van der Waals surface area contributed by atoms with E-state index < -0.39 is 10.2 Å². The summed E-state index contributed by atoms with van der Waals surface area (Å²) in [4.78, 5) is 0. The molecule has 120 valence electrons. The minimum atomic E-state index is -3.55. The van der Waals surface area contributed by atoms with Crippen molar-refractivity contribution in [1.82, 2.24) is 9.62 Å². The number of hydrogen-bond donors (Lipinski definition) is 1. The molecular formula is C14H25N3O3S. The van der Waals surface area contributed by atoms with E-state index in [1.807, 2.05) is 13.0 Å². The smallest absolute Gasteiger partial charge is 0.303 e. The van der Waals surface area contributed by atoms with Crippen LogP contribution in [0.5, 0.6) is 5.75 Å². The molecule has 0 saturated heterocycles. The Labute approximate surface area is 127 Å². The number of methoxy groups -OCH3 is 1. The predicted octanol–water partition coefficient (Wildman–Crippen LogP) is 1.31. The molecule has 0 heterocycles. The molecule has 1 aromatic rings. The summed E-state index contributed by atoms with van der Waals surface area (Å²) in [7, 11) is 1.10. The van der Waals surface area contributed by atoms with Crippen LogP contribution in [-0.4, -0.2) is 53.6 Å². The Hall–Kier alpha value is -1.31. The maximum absolute atomic E-state index is 12.5. The highest BCUT2D eigenvalue weighted by atomic mass is 32.2. The van der Waals surface area contributed by atoms with Crippen molar-refractivity contribution in [3.8, 4) is 5.75 Å². The van der Waals surface area contributed by atoms with E-state index in [2.05, 4.69) is 5.32 Å². The van der Waals surface area contributed by atoms with E-state index in [1.54, 1.807) is 25.2 Å². The third-order valence-electron chi connectivity index (χ3n) is 3.24. The average Bonchev–Trinajstić information content (AvgIpc) is 2.50. The molecule has 0 saturated carbocycles. The predicted molar refractivity (Wildman–Crippen MR) is 86.1 cm³/mol. The number of nitrogens with zero attached hydrogens (tertiary/aromatic N) is 2. The van der Waals surface area contributed by atoms with Crippen LogP contribution in [0, 0.1) is 0 Å². The molecule has 0 aliphatic rings. The molecule has 0 fully saturated rings. The van der Waals surface area contributed by atoms with Gasteiger partial charge in [0.05, 0.1) is 12.8 Å². The summed E-state index contributed by atoms with van der Waals surface area (Å²) in [5.41, 5.74) is 0.526. The Bertz CT molecular complexity index is 534. The quantitative estimate of drug-likeness (QED) is 0.698. The van der Waals surface area contributed by atoms with Crippen LogP contribution < -0.4 is 14.4 Å². The van der Waals surface area contributed by atoms with Crippen LogP contribution in [0.25, 0.3) is 0 Å². The van der Waals surface area contributed by atoms with Gasteiger partial charge in [0.15, 0.2) is 0 Å². The first-order valence-corrected chi connectivity index (χ1v) is 8.38. The highest BCUT2D eigenvalue weighted by Crippen LogP contribution is 2.29. The zero-order valence-electron chi connectivity index (χ0n) is 13.2. The molecule has 0 aliphatic carbocycles. The second-order valence-corrected chi connectivity index (χ2v) is 6.74. The van der Waals surface area contributed by atoms with E-state index in [1.165, 1.54) is 22.8 Å². The van der Waals surface area contributed by atoms with E-state index in [0.29, 0.717) is 18.0 Å². The van der Waals surface area contributed by atoms with Gasteiger partial charge in [0.25, 0.3) is 0 Å². The lowest BCUT2D eigenvalue weighted by Gasteiger charge is -2.27. The minimum absolute atomic E-state index is 0.467. The zero-order chi connectivity index (χ0) is 15.9. The van der Waals surface area contributed by atoms with E-state index >= 15 is 0 Å². The summed E-state index contributed by atoms with van der Waals surface area (Å²) in [5.74, 6) is 0.532. The van der Waals surface area contributed by atoms with Crippen molar-refractivity contribution in [1.29, 1.82) is 0 Å². The Kier molecular flexibility index (Phi) is 6.94. The molecule has 1 N–H and O–H groups in total. The molecular weight excluding hydrogens is 290 g/mol. The molecule has 0 aliphatic heterocycles. The summed E-state index contributed by atoms with van der Waals surface area (Å²) in [6, 6.07) is 7.06. The zero-order valence-corrected chi connectivity index (χ0v) is 14.0. The van der Waals surface area contributed by atoms with Gasteiger partial charge in [-0.3, -0.25) is 4.31 Å². The number of ether oxygens (including phenoxy) is 1. The number of para-hydroxylation sites is 2. The minimum Gasteiger partial charge on any atom is -0.495 e. The Morgan fingerprint density at radius 2 is 1.90 bits per heavy atom. The first-order chi connectivity index (χ1) is 9.95. The van der Waals surface area contributed by atoms with Gasteiger partial charge < -0.3 is 10.1 Å². The van der Waals surface area contributed by atoms with Gasteiger partial charge in [-0.2, -0.15) is 12.7 Å². The lowest BCUT2D eigenvalue weighted by Crippen LogP contribution is -2.40. The maximum atomic E-state index is 12.5. The Morgan fingerprint density at radius 1 is 1.24 bits per heavy atom. The van der Waals surface area contributed by atoms with Crippen molar-refractivity contribution in [3.05, 3.63) is 24.3 Å². The SMILES string of the molecule is CCNCCCN(C)S(=O)(=O)N(C)c1ccccc1OC. The lowest BCUT2D eigenvalue weighted by atomic mass is 10.3. The summed E-state index contributed by atoms with van der Waals surface area (Å²) in [6.07, 6.45) is 0.767. The maximum Gasteiger partial charge on any atom is 0.303 e. The van der Waals surface area contributed by atoms with Crippen molar-refractivity contribution in [2.75, 3.05) is 45.1 Å². The van der Waals surface area contributed by atoms with Gasteiger partial charge in [-0.1, -0.05) is 19.1 Å². The summed E-state index contributed by atoms with van der Waals surface area (Å²) in [5, 5.41) is 3.18. The number of rotatable bonds is 9. The number of anilines is 1. The summed E-state index contributed by atoms with van der Waals surface area (Å²) in [6.45, 7) is 4.18. The molecule has 0 radical (unpaired) electrons.